The maximum atomic E-state index is 13.5. The van der Waals surface area contributed by atoms with Gasteiger partial charge in [0.15, 0.2) is 0 Å². The summed E-state index contributed by atoms with van der Waals surface area (Å²) in [6.45, 7) is 5.55. The fourth-order valence-corrected chi connectivity index (χ4v) is 6.96. The zero-order chi connectivity index (χ0) is 23.2. The minimum atomic E-state index is -5.41. The van der Waals surface area contributed by atoms with Crippen LogP contribution in [0.25, 0.3) is 0 Å². The molecule has 0 amide bonds. The average Bonchev–Trinajstić information content (AvgIpc) is 2.61. The molecule has 0 fully saturated rings. The molecule has 0 aromatic heterocycles. The summed E-state index contributed by atoms with van der Waals surface area (Å²) in [5, 5.41) is 18.3. The summed E-state index contributed by atoms with van der Waals surface area (Å²) in [7, 11) is -8.51. The molecule has 0 aliphatic carbocycles. The Bertz CT molecular complexity index is 778. The Morgan fingerprint density at radius 1 is 0.833 bits per heavy atom. The monoisotopic (exact) mass is 478 g/mol. The number of halogens is 3. The molecule has 13 heteroatoms. The number of alkyl halides is 3. The summed E-state index contributed by atoms with van der Waals surface area (Å²) < 4.78 is 87.2. The molecule has 174 valence electrons. The van der Waals surface area contributed by atoms with Crippen LogP contribution in [0.4, 0.5) is 13.2 Å². The van der Waals surface area contributed by atoms with Gasteiger partial charge in [0, 0.05) is 6.42 Å². The molecular formula is C17H27F3O8P2. The van der Waals surface area contributed by atoms with Crippen molar-refractivity contribution in [1.29, 1.82) is 0 Å². The minimum absolute atomic E-state index is 0.0823. The molecule has 0 heterocycles. The Labute approximate surface area is 173 Å². The smallest absolute Gasteiger partial charge is 0.358 e. The highest BCUT2D eigenvalue weighted by Gasteiger charge is 2.54. The zero-order valence-corrected chi connectivity index (χ0v) is 18.9. The first-order valence-corrected chi connectivity index (χ1v) is 12.3. The third-order valence-corrected chi connectivity index (χ3v) is 8.36. The topological polar surface area (TPSA) is 112 Å². The van der Waals surface area contributed by atoms with E-state index in [2.05, 4.69) is 0 Å². The van der Waals surface area contributed by atoms with Crippen LogP contribution < -0.4 is 10.6 Å². The van der Waals surface area contributed by atoms with Gasteiger partial charge in [-0.2, -0.15) is 13.2 Å². The molecule has 1 aromatic rings. The Kier molecular flexibility index (Phi) is 9.72. The molecule has 0 spiro atoms. The van der Waals surface area contributed by atoms with Gasteiger partial charge in [0.1, 0.15) is 0 Å². The van der Waals surface area contributed by atoms with E-state index in [9.17, 15) is 32.5 Å². The Morgan fingerprint density at radius 2 is 1.27 bits per heavy atom. The molecule has 8 nitrogen and oxygen atoms in total. The van der Waals surface area contributed by atoms with Crippen molar-refractivity contribution in [2.75, 3.05) is 26.4 Å². The van der Waals surface area contributed by atoms with E-state index in [0.717, 1.165) is 6.07 Å². The summed E-state index contributed by atoms with van der Waals surface area (Å²) in [6.07, 6.45) is -6.83. The van der Waals surface area contributed by atoms with Gasteiger partial charge in [0.25, 0.3) is 5.79 Å². The maximum Gasteiger partial charge on any atom is 0.443 e. The Hall–Kier alpha value is -0.770. The van der Waals surface area contributed by atoms with Crippen molar-refractivity contribution in [2.24, 2.45) is 0 Å². The van der Waals surface area contributed by atoms with E-state index in [0.29, 0.717) is 0 Å². The van der Waals surface area contributed by atoms with Crippen LogP contribution in [-0.2, 0) is 33.6 Å². The van der Waals surface area contributed by atoms with Crippen molar-refractivity contribution in [3.63, 3.8) is 0 Å². The van der Waals surface area contributed by atoms with Crippen molar-refractivity contribution < 1.29 is 50.6 Å². The molecule has 0 atom stereocenters. The highest BCUT2D eigenvalue weighted by Crippen LogP contribution is 2.54. The molecule has 0 saturated heterocycles. The quantitative estimate of drug-likeness (QED) is 0.348. The normalized spacial score (nSPS) is 13.6. The lowest BCUT2D eigenvalue weighted by molar-refractivity contribution is -0.347. The second kappa shape index (κ2) is 10.7. The third-order valence-electron chi connectivity index (χ3n) is 3.75. The van der Waals surface area contributed by atoms with E-state index in [1.54, 1.807) is 0 Å². The van der Waals surface area contributed by atoms with Gasteiger partial charge in [-0.1, -0.05) is 12.1 Å². The SMILES string of the molecule is CCOP(=O)(OCC)c1cccc(CC(O)(O)C(F)(F)F)c1P(=O)(OCC)OCC. The summed E-state index contributed by atoms with van der Waals surface area (Å²) in [5.74, 6) is -4.15. The van der Waals surface area contributed by atoms with Crippen LogP contribution in [0.5, 0.6) is 0 Å². The fourth-order valence-electron chi connectivity index (χ4n) is 2.65. The lowest BCUT2D eigenvalue weighted by atomic mass is 10.0. The van der Waals surface area contributed by atoms with E-state index >= 15 is 0 Å². The van der Waals surface area contributed by atoms with Crippen LogP contribution in [0.2, 0.25) is 0 Å². The van der Waals surface area contributed by atoms with Crippen LogP contribution in [-0.4, -0.2) is 48.6 Å². The molecule has 0 unspecified atom stereocenters. The van der Waals surface area contributed by atoms with Crippen LogP contribution in [0.3, 0.4) is 0 Å². The van der Waals surface area contributed by atoms with Crippen LogP contribution in [0.15, 0.2) is 18.2 Å². The number of hydrogen-bond acceptors (Lipinski definition) is 8. The number of rotatable bonds is 12. The summed E-state index contributed by atoms with van der Waals surface area (Å²) >= 11 is 0. The average molecular weight is 478 g/mol. The van der Waals surface area contributed by atoms with Crippen LogP contribution in [0.1, 0.15) is 33.3 Å². The van der Waals surface area contributed by atoms with Gasteiger partial charge in [0.2, 0.25) is 0 Å². The van der Waals surface area contributed by atoms with Crippen LogP contribution >= 0.6 is 15.2 Å². The predicted octanol–water partition coefficient (Wildman–Crippen LogP) is 3.26. The lowest BCUT2D eigenvalue weighted by Gasteiger charge is -2.29. The highest BCUT2D eigenvalue weighted by molar-refractivity contribution is 7.69. The molecule has 2 N–H and O–H groups in total. The van der Waals surface area contributed by atoms with E-state index < -0.39 is 44.4 Å². The predicted molar refractivity (Wildman–Crippen MR) is 104 cm³/mol. The minimum Gasteiger partial charge on any atom is -0.358 e. The second-order valence-corrected chi connectivity index (χ2v) is 9.89. The van der Waals surface area contributed by atoms with Gasteiger partial charge in [-0.05, 0) is 39.3 Å². The maximum absolute atomic E-state index is 13.5. The Morgan fingerprint density at radius 3 is 1.67 bits per heavy atom. The van der Waals surface area contributed by atoms with Crippen molar-refractivity contribution >= 4 is 25.8 Å². The van der Waals surface area contributed by atoms with E-state index in [1.807, 2.05) is 0 Å². The summed E-state index contributed by atoms with van der Waals surface area (Å²) in [5.41, 5.74) is -0.445. The van der Waals surface area contributed by atoms with Gasteiger partial charge in [0.05, 0.1) is 37.0 Å². The summed E-state index contributed by atoms with van der Waals surface area (Å²) in [4.78, 5) is 0. The molecule has 0 bridgehead atoms. The van der Waals surface area contributed by atoms with Gasteiger partial charge in [-0.3, -0.25) is 9.13 Å². The van der Waals surface area contributed by atoms with E-state index in [-0.39, 0.29) is 31.7 Å². The van der Waals surface area contributed by atoms with E-state index in [1.165, 1.54) is 39.8 Å². The number of hydrogen-bond donors (Lipinski definition) is 2. The second-order valence-electron chi connectivity index (χ2n) is 5.94. The number of aliphatic hydroxyl groups is 2. The Balaban J connectivity index is 3.88. The molecule has 0 saturated carbocycles. The standard InChI is InChI=1S/C17H27F3O8P2/c1-5-25-29(23,26-6-2)14-11-9-10-13(12-16(21,22)17(18,19)20)15(14)30(24,27-7-3)28-8-4/h9-11,21-22H,5-8,12H2,1-4H3. The molecule has 1 aromatic carbocycles. The molecule has 0 aliphatic heterocycles. The first kappa shape index (κ1) is 27.3. The zero-order valence-electron chi connectivity index (χ0n) is 17.1. The van der Waals surface area contributed by atoms with Crippen molar-refractivity contribution in [1.82, 2.24) is 0 Å². The van der Waals surface area contributed by atoms with Gasteiger partial charge < -0.3 is 28.3 Å². The van der Waals surface area contributed by atoms with E-state index in [4.69, 9.17) is 18.1 Å². The van der Waals surface area contributed by atoms with Gasteiger partial charge in [-0.25, -0.2) is 0 Å². The van der Waals surface area contributed by atoms with Gasteiger partial charge >= 0.3 is 21.4 Å². The molecular weight excluding hydrogens is 451 g/mol. The lowest BCUT2D eigenvalue weighted by Crippen LogP contribution is -2.48. The number of benzene rings is 1. The first-order chi connectivity index (χ1) is 13.8. The van der Waals surface area contributed by atoms with Crippen LogP contribution in [0, 0.1) is 0 Å². The van der Waals surface area contributed by atoms with Gasteiger partial charge in [-0.15, -0.1) is 0 Å². The molecule has 0 radical (unpaired) electrons. The molecule has 30 heavy (non-hydrogen) atoms. The van der Waals surface area contributed by atoms with Crippen molar-refractivity contribution in [2.45, 2.75) is 46.1 Å². The highest BCUT2D eigenvalue weighted by atomic mass is 31.2. The van der Waals surface area contributed by atoms with Crippen molar-refractivity contribution in [3.05, 3.63) is 23.8 Å². The third kappa shape index (κ3) is 6.14. The largest absolute Gasteiger partial charge is 0.443 e. The first-order valence-electron chi connectivity index (χ1n) is 9.24. The molecule has 0 aliphatic rings. The summed E-state index contributed by atoms with van der Waals surface area (Å²) in [6, 6.07) is 3.51. The van der Waals surface area contributed by atoms with Crippen molar-refractivity contribution in [3.8, 4) is 0 Å². The fraction of sp³-hybridized carbons (Fsp3) is 0.647. The molecule has 1 rings (SSSR count).